The fourth-order valence-electron chi connectivity index (χ4n) is 0.941. The minimum absolute atomic E-state index is 0.0693. The molecule has 0 atom stereocenters. The molecule has 0 aromatic carbocycles. The van der Waals surface area contributed by atoms with Gasteiger partial charge in [-0.2, -0.15) is 0 Å². The predicted molar refractivity (Wildman–Crippen MR) is 59.6 cm³/mol. The normalized spacial score (nSPS) is 12.9. The summed E-state index contributed by atoms with van der Waals surface area (Å²) in [6.45, 7) is 2.87. The Morgan fingerprint density at radius 2 is 1.86 bits per heavy atom. The van der Waals surface area contributed by atoms with Gasteiger partial charge in [0.25, 0.3) is 0 Å². The van der Waals surface area contributed by atoms with Crippen LogP contribution in [0.25, 0.3) is 0 Å². The molecule has 0 unspecified atom stereocenters. The van der Waals surface area contributed by atoms with Crippen molar-refractivity contribution in [3.05, 3.63) is 0 Å². The average molecular weight is 200 g/mol. The maximum absolute atomic E-state index is 5.49. The van der Waals surface area contributed by atoms with Gasteiger partial charge in [-0.15, -0.1) is 5.10 Å². The second-order valence-corrected chi connectivity index (χ2v) is 2.97. The van der Waals surface area contributed by atoms with Gasteiger partial charge in [-0.1, -0.05) is 26.2 Å². The molecule has 0 radical (unpaired) electrons. The van der Waals surface area contributed by atoms with E-state index in [1.54, 1.807) is 0 Å². The topological polar surface area (TPSA) is 115 Å². The van der Waals surface area contributed by atoms with E-state index in [2.05, 4.69) is 22.3 Å². The van der Waals surface area contributed by atoms with Crippen molar-refractivity contribution in [3.63, 3.8) is 0 Å². The summed E-state index contributed by atoms with van der Waals surface area (Å²) in [4.78, 5) is 4.05. The van der Waals surface area contributed by atoms with Crippen LogP contribution in [0.15, 0.2) is 10.1 Å². The molecule has 0 amide bonds. The van der Waals surface area contributed by atoms with Crippen molar-refractivity contribution in [2.75, 3.05) is 6.54 Å². The van der Waals surface area contributed by atoms with Crippen molar-refractivity contribution in [2.45, 2.75) is 32.6 Å². The Hall–Kier alpha value is -1.46. The number of hydrazone groups is 1. The van der Waals surface area contributed by atoms with Gasteiger partial charge in [0.2, 0.25) is 5.96 Å². The Morgan fingerprint density at radius 1 is 1.14 bits per heavy atom. The van der Waals surface area contributed by atoms with Gasteiger partial charge in [0.05, 0.1) is 0 Å². The van der Waals surface area contributed by atoms with E-state index in [1.165, 1.54) is 19.3 Å². The van der Waals surface area contributed by atoms with E-state index >= 15 is 0 Å². The summed E-state index contributed by atoms with van der Waals surface area (Å²) in [5, 5.41) is 5.76. The summed E-state index contributed by atoms with van der Waals surface area (Å²) in [6, 6.07) is 0. The number of unbranched alkanes of at least 4 members (excludes halogenated alkanes) is 3. The van der Waals surface area contributed by atoms with Crippen LogP contribution in [0.3, 0.4) is 0 Å². The lowest BCUT2D eigenvalue weighted by molar-refractivity contribution is 0.674. The van der Waals surface area contributed by atoms with Crippen LogP contribution in [0.5, 0.6) is 0 Å². The van der Waals surface area contributed by atoms with Crippen LogP contribution >= 0.6 is 0 Å². The first-order valence-corrected chi connectivity index (χ1v) is 4.81. The minimum atomic E-state index is 0.0693. The molecule has 7 N–H and O–H groups in total. The third-order valence-corrected chi connectivity index (χ3v) is 1.69. The molecule has 0 saturated heterocycles. The lowest BCUT2D eigenvalue weighted by Crippen LogP contribution is -2.42. The van der Waals surface area contributed by atoms with Crippen LogP contribution in [-0.4, -0.2) is 18.5 Å². The molecule has 0 aliphatic carbocycles. The maximum Gasteiger partial charge on any atom is 0.217 e. The SMILES string of the molecule is CCCCCCN=C(N)NC(N)=NN. The second-order valence-electron chi connectivity index (χ2n) is 2.97. The van der Waals surface area contributed by atoms with E-state index in [-0.39, 0.29) is 11.9 Å². The molecule has 0 aliphatic heterocycles. The minimum Gasteiger partial charge on any atom is -0.370 e. The molecule has 0 aromatic heterocycles. The van der Waals surface area contributed by atoms with Crippen LogP contribution in [0.4, 0.5) is 0 Å². The Morgan fingerprint density at radius 3 is 2.43 bits per heavy atom. The van der Waals surface area contributed by atoms with Gasteiger partial charge < -0.3 is 17.3 Å². The number of guanidine groups is 2. The largest absolute Gasteiger partial charge is 0.370 e. The maximum atomic E-state index is 5.49. The molecule has 0 aliphatic rings. The van der Waals surface area contributed by atoms with Crippen LogP contribution in [0.1, 0.15) is 32.6 Å². The van der Waals surface area contributed by atoms with Gasteiger partial charge in [-0.25, -0.2) is 0 Å². The smallest absolute Gasteiger partial charge is 0.217 e. The van der Waals surface area contributed by atoms with E-state index in [9.17, 15) is 0 Å². The number of nitrogens with two attached hydrogens (primary N) is 3. The summed E-state index contributed by atoms with van der Waals surface area (Å²) < 4.78 is 0. The van der Waals surface area contributed by atoms with Crippen molar-refractivity contribution in [2.24, 2.45) is 27.4 Å². The summed E-state index contributed by atoms with van der Waals surface area (Å²) in [5.41, 5.74) is 10.8. The van der Waals surface area contributed by atoms with Gasteiger partial charge >= 0.3 is 0 Å². The molecule has 82 valence electrons. The lowest BCUT2D eigenvalue weighted by Gasteiger charge is -2.02. The fraction of sp³-hybridized carbons (Fsp3) is 0.750. The fourth-order valence-corrected chi connectivity index (χ4v) is 0.941. The monoisotopic (exact) mass is 200 g/mol. The highest BCUT2D eigenvalue weighted by molar-refractivity contribution is 5.96. The number of hydrogen-bond acceptors (Lipinski definition) is 3. The van der Waals surface area contributed by atoms with Crippen LogP contribution in [0, 0.1) is 0 Å². The van der Waals surface area contributed by atoms with Crippen molar-refractivity contribution >= 4 is 11.9 Å². The molecule has 0 fully saturated rings. The van der Waals surface area contributed by atoms with Crippen molar-refractivity contribution in [1.82, 2.24) is 5.32 Å². The Kier molecular flexibility index (Phi) is 7.30. The summed E-state index contributed by atoms with van der Waals surface area (Å²) in [6.07, 6.45) is 4.66. The third kappa shape index (κ3) is 7.20. The van der Waals surface area contributed by atoms with Crippen molar-refractivity contribution in [1.29, 1.82) is 0 Å². The molecule has 0 bridgehead atoms. The highest BCUT2D eigenvalue weighted by atomic mass is 15.3. The molecule has 0 saturated carbocycles. The first-order chi connectivity index (χ1) is 6.70. The predicted octanol–water partition coefficient (Wildman–Crippen LogP) is -0.341. The zero-order valence-electron chi connectivity index (χ0n) is 8.66. The summed E-state index contributed by atoms with van der Waals surface area (Å²) >= 11 is 0. The third-order valence-electron chi connectivity index (χ3n) is 1.69. The molecular formula is C8H20N6. The average Bonchev–Trinajstić information content (AvgIpc) is 2.17. The van der Waals surface area contributed by atoms with Gasteiger partial charge in [-0.05, 0) is 6.42 Å². The van der Waals surface area contributed by atoms with Gasteiger partial charge in [0.15, 0.2) is 5.96 Å². The highest BCUT2D eigenvalue weighted by Crippen LogP contribution is 1.98. The first-order valence-electron chi connectivity index (χ1n) is 4.81. The number of nitrogens with zero attached hydrogens (tertiary/aromatic N) is 2. The van der Waals surface area contributed by atoms with Gasteiger partial charge in [-0.3, -0.25) is 10.3 Å². The van der Waals surface area contributed by atoms with E-state index < -0.39 is 0 Å². The summed E-state index contributed by atoms with van der Waals surface area (Å²) in [5.74, 6) is 5.23. The Labute approximate surface area is 84.6 Å². The molecule has 14 heavy (non-hydrogen) atoms. The standard InChI is InChI=1S/C8H20N6/c1-2-3-4-5-6-12-7(9)13-8(10)14-11/h2-6,11H2,1H3,(H5,9,10,12,13,14). The van der Waals surface area contributed by atoms with Crippen molar-refractivity contribution < 1.29 is 0 Å². The van der Waals surface area contributed by atoms with E-state index in [4.69, 9.17) is 17.3 Å². The number of hydrogen-bond donors (Lipinski definition) is 4. The molecule has 6 nitrogen and oxygen atoms in total. The number of rotatable bonds is 5. The lowest BCUT2D eigenvalue weighted by atomic mass is 10.2. The molecule has 0 rings (SSSR count). The van der Waals surface area contributed by atoms with Crippen molar-refractivity contribution in [3.8, 4) is 0 Å². The first kappa shape index (κ1) is 12.5. The van der Waals surface area contributed by atoms with E-state index in [1.807, 2.05) is 0 Å². The molecular weight excluding hydrogens is 180 g/mol. The van der Waals surface area contributed by atoms with E-state index in [0.29, 0.717) is 6.54 Å². The molecule has 0 aromatic rings. The summed E-state index contributed by atoms with van der Waals surface area (Å²) in [7, 11) is 0. The quantitative estimate of drug-likeness (QED) is 0.160. The molecule has 0 heterocycles. The van der Waals surface area contributed by atoms with Crippen LogP contribution < -0.4 is 22.6 Å². The molecule has 0 spiro atoms. The number of aliphatic imine (C=N–C) groups is 1. The Bertz CT molecular complexity index is 198. The van der Waals surface area contributed by atoms with Crippen LogP contribution in [-0.2, 0) is 0 Å². The van der Waals surface area contributed by atoms with E-state index in [0.717, 1.165) is 6.42 Å². The highest BCUT2D eigenvalue weighted by Gasteiger charge is 1.93. The second kappa shape index (κ2) is 8.15. The molecule has 6 heteroatoms. The number of nitrogens with one attached hydrogen (secondary N) is 1. The van der Waals surface area contributed by atoms with Gasteiger partial charge in [0, 0.05) is 6.54 Å². The zero-order valence-corrected chi connectivity index (χ0v) is 8.66. The van der Waals surface area contributed by atoms with Gasteiger partial charge in [0.1, 0.15) is 0 Å². The zero-order chi connectivity index (χ0) is 10.8. The Balaban J connectivity index is 3.56. The van der Waals surface area contributed by atoms with Crippen LogP contribution in [0.2, 0.25) is 0 Å².